The summed E-state index contributed by atoms with van der Waals surface area (Å²) in [6, 6.07) is 5.11. The first-order valence-electron chi connectivity index (χ1n) is 5.95. The molecule has 1 aromatic carbocycles. The van der Waals surface area contributed by atoms with E-state index in [9.17, 15) is 4.79 Å². The van der Waals surface area contributed by atoms with Gasteiger partial charge in [0.1, 0.15) is 0 Å². The summed E-state index contributed by atoms with van der Waals surface area (Å²) in [6.45, 7) is 4.67. The smallest absolute Gasteiger partial charge is 0.306 e. The molecule has 1 heterocycles. The van der Waals surface area contributed by atoms with E-state index in [1.807, 2.05) is 19.9 Å². The third-order valence-electron chi connectivity index (χ3n) is 2.59. The molecule has 2 amide bonds. The SMILES string of the molecule is CCn1cc(NC(=O)Nc2ccc(C)cc2Cl)cn1. The van der Waals surface area contributed by atoms with Gasteiger partial charge in [-0.3, -0.25) is 4.68 Å². The number of nitrogens with zero attached hydrogens (tertiary/aromatic N) is 2. The summed E-state index contributed by atoms with van der Waals surface area (Å²) in [6.07, 6.45) is 3.36. The van der Waals surface area contributed by atoms with Crippen LogP contribution in [-0.2, 0) is 6.54 Å². The summed E-state index contributed by atoms with van der Waals surface area (Å²) in [5.41, 5.74) is 2.26. The van der Waals surface area contributed by atoms with Crippen molar-refractivity contribution in [3.63, 3.8) is 0 Å². The van der Waals surface area contributed by atoms with Gasteiger partial charge in [0.05, 0.1) is 22.6 Å². The van der Waals surface area contributed by atoms with Crippen molar-refractivity contribution >= 4 is 29.0 Å². The number of hydrogen-bond donors (Lipinski definition) is 2. The molecule has 0 spiro atoms. The molecule has 0 atom stereocenters. The lowest BCUT2D eigenvalue weighted by Crippen LogP contribution is -2.19. The quantitative estimate of drug-likeness (QED) is 0.903. The lowest BCUT2D eigenvalue weighted by molar-refractivity contribution is 0.262. The fraction of sp³-hybridized carbons (Fsp3) is 0.231. The minimum atomic E-state index is -0.346. The molecule has 6 heteroatoms. The van der Waals surface area contributed by atoms with Crippen molar-refractivity contribution in [2.75, 3.05) is 10.6 Å². The molecule has 0 saturated carbocycles. The molecular weight excluding hydrogens is 264 g/mol. The van der Waals surface area contributed by atoms with Crippen molar-refractivity contribution < 1.29 is 4.79 Å². The number of aryl methyl sites for hydroxylation is 2. The maximum Gasteiger partial charge on any atom is 0.323 e. The van der Waals surface area contributed by atoms with Crippen LogP contribution in [0.2, 0.25) is 5.02 Å². The average molecular weight is 279 g/mol. The largest absolute Gasteiger partial charge is 0.323 e. The van der Waals surface area contributed by atoms with E-state index in [1.165, 1.54) is 0 Å². The molecule has 0 aliphatic carbocycles. The van der Waals surface area contributed by atoms with Crippen LogP contribution in [-0.4, -0.2) is 15.8 Å². The molecule has 0 saturated heterocycles. The van der Waals surface area contributed by atoms with Gasteiger partial charge >= 0.3 is 6.03 Å². The number of amides is 2. The predicted molar refractivity (Wildman–Crippen MR) is 76.7 cm³/mol. The third kappa shape index (κ3) is 3.48. The number of rotatable bonds is 3. The van der Waals surface area contributed by atoms with Gasteiger partial charge in [-0.1, -0.05) is 17.7 Å². The van der Waals surface area contributed by atoms with Gasteiger partial charge in [0.15, 0.2) is 0 Å². The normalized spacial score (nSPS) is 10.3. The molecule has 19 heavy (non-hydrogen) atoms. The molecule has 0 aliphatic rings. The molecule has 2 aromatic rings. The van der Waals surface area contributed by atoms with Gasteiger partial charge in [-0.15, -0.1) is 0 Å². The summed E-state index contributed by atoms with van der Waals surface area (Å²) >= 11 is 6.04. The molecule has 0 radical (unpaired) electrons. The molecule has 0 fully saturated rings. The van der Waals surface area contributed by atoms with Crippen LogP contribution in [0.3, 0.4) is 0 Å². The first-order chi connectivity index (χ1) is 9.08. The van der Waals surface area contributed by atoms with Crippen LogP contribution in [0, 0.1) is 6.92 Å². The summed E-state index contributed by atoms with van der Waals surface area (Å²) in [4.78, 5) is 11.8. The van der Waals surface area contributed by atoms with E-state index < -0.39 is 0 Å². The van der Waals surface area contributed by atoms with Gasteiger partial charge in [0, 0.05) is 12.7 Å². The monoisotopic (exact) mass is 278 g/mol. The highest BCUT2D eigenvalue weighted by atomic mass is 35.5. The molecule has 2 N–H and O–H groups in total. The van der Waals surface area contributed by atoms with Gasteiger partial charge in [0.2, 0.25) is 0 Å². The van der Waals surface area contributed by atoms with E-state index in [-0.39, 0.29) is 6.03 Å². The van der Waals surface area contributed by atoms with Gasteiger partial charge < -0.3 is 10.6 Å². The summed E-state index contributed by atoms with van der Waals surface area (Å²) in [5.74, 6) is 0. The maximum atomic E-state index is 11.8. The van der Waals surface area contributed by atoms with Gasteiger partial charge in [-0.05, 0) is 31.5 Å². The zero-order chi connectivity index (χ0) is 13.8. The van der Waals surface area contributed by atoms with Gasteiger partial charge in [-0.25, -0.2) is 4.79 Å². The van der Waals surface area contributed by atoms with Crippen molar-refractivity contribution in [1.29, 1.82) is 0 Å². The Balaban J connectivity index is 2.01. The number of urea groups is 1. The Labute approximate surface area is 116 Å². The molecule has 0 aliphatic heterocycles. The van der Waals surface area contributed by atoms with Crippen LogP contribution in [0.1, 0.15) is 12.5 Å². The fourth-order valence-corrected chi connectivity index (χ4v) is 1.89. The highest BCUT2D eigenvalue weighted by Crippen LogP contribution is 2.22. The predicted octanol–water partition coefficient (Wildman–Crippen LogP) is 3.51. The molecular formula is C13H15ClN4O. The highest BCUT2D eigenvalue weighted by Gasteiger charge is 2.07. The molecule has 2 rings (SSSR count). The average Bonchev–Trinajstić information content (AvgIpc) is 2.80. The lowest BCUT2D eigenvalue weighted by atomic mass is 10.2. The van der Waals surface area contributed by atoms with Crippen molar-refractivity contribution in [3.05, 3.63) is 41.2 Å². The first kappa shape index (κ1) is 13.4. The number of benzene rings is 1. The van der Waals surface area contributed by atoms with Gasteiger partial charge in [0.25, 0.3) is 0 Å². The van der Waals surface area contributed by atoms with Crippen molar-refractivity contribution in [2.24, 2.45) is 0 Å². The first-order valence-corrected chi connectivity index (χ1v) is 6.33. The Morgan fingerprint density at radius 3 is 2.84 bits per heavy atom. The minimum absolute atomic E-state index is 0.346. The topological polar surface area (TPSA) is 59.0 Å². The van der Waals surface area contributed by atoms with Crippen LogP contribution in [0.5, 0.6) is 0 Å². The van der Waals surface area contributed by atoms with Crippen molar-refractivity contribution in [2.45, 2.75) is 20.4 Å². The standard InChI is InChI=1S/C13H15ClN4O/c1-3-18-8-10(7-15-18)16-13(19)17-12-5-4-9(2)6-11(12)14/h4-8H,3H2,1-2H3,(H2,16,17,19). The van der Waals surface area contributed by atoms with Crippen molar-refractivity contribution in [3.8, 4) is 0 Å². The number of carbonyl (C=O) groups is 1. The Morgan fingerprint density at radius 1 is 1.42 bits per heavy atom. The van der Waals surface area contributed by atoms with Crippen LogP contribution in [0.15, 0.2) is 30.6 Å². The zero-order valence-corrected chi connectivity index (χ0v) is 11.5. The number of aromatic nitrogens is 2. The second-order valence-electron chi connectivity index (χ2n) is 4.15. The molecule has 0 bridgehead atoms. The highest BCUT2D eigenvalue weighted by molar-refractivity contribution is 6.33. The van der Waals surface area contributed by atoms with Crippen LogP contribution < -0.4 is 10.6 Å². The second kappa shape index (κ2) is 5.75. The Bertz CT molecular complexity index is 594. The van der Waals surface area contributed by atoms with Crippen molar-refractivity contribution in [1.82, 2.24) is 9.78 Å². The number of hydrogen-bond acceptors (Lipinski definition) is 2. The van der Waals surface area contributed by atoms with E-state index in [2.05, 4.69) is 15.7 Å². The van der Waals surface area contributed by atoms with E-state index >= 15 is 0 Å². The number of halogens is 1. The van der Waals surface area contributed by atoms with Crippen LogP contribution >= 0.6 is 11.6 Å². The van der Waals surface area contributed by atoms with Crippen LogP contribution in [0.25, 0.3) is 0 Å². The molecule has 1 aromatic heterocycles. The maximum absolute atomic E-state index is 11.8. The summed E-state index contributed by atoms with van der Waals surface area (Å²) in [5, 5.41) is 9.97. The summed E-state index contributed by atoms with van der Waals surface area (Å²) < 4.78 is 1.73. The third-order valence-corrected chi connectivity index (χ3v) is 2.90. The molecule has 5 nitrogen and oxygen atoms in total. The Hall–Kier alpha value is -2.01. The summed E-state index contributed by atoms with van der Waals surface area (Å²) in [7, 11) is 0. The minimum Gasteiger partial charge on any atom is -0.306 e. The second-order valence-corrected chi connectivity index (χ2v) is 4.55. The molecule has 100 valence electrons. The Morgan fingerprint density at radius 2 is 2.21 bits per heavy atom. The fourth-order valence-electron chi connectivity index (χ4n) is 1.61. The van der Waals surface area contributed by atoms with E-state index in [0.717, 1.165) is 12.1 Å². The van der Waals surface area contributed by atoms with Crippen LogP contribution in [0.4, 0.5) is 16.2 Å². The van der Waals surface area contributed by atoms with E-state index in [1.54, 1.807) is 29.2 Å². The number of nitrogens with one attached hydrogen (secondary N) is 2. The number of carbonyl (C=O) groups excluding carboxylic acids is 1. The van der Waals surface area contributed by atoms with E-state index in [0.29, 0.717) is 16.4 Å². The zero-order valence-electron chi connectivity index (χ0n) is 10.8. The number of anilines is 2. The Kier molecular flexibility index (Phi) is 4.06. The van der Waals surface area contributed by atoms with Gasteiger partial charge in [-0.2, -0.15) is 5.10 Å². The lowest BCUT2D eigenvalue weighted by Gasteiger charge is -2.08. The van der Waals surface area contributed by atoms with E-state index in [4.69, 9.17) is 11.6 Å². The molecule has 0 unspecified atom stereocenters.